The van der Waals surface area contributed by atoms with E-state index in [4.69, 9.17) is 4.74 Å². The average molecular weight is 246 g/mol. The first kappa shape index (κ1) is 12.6. The predicted octanol–water partition coefficient (Wildman–Crippen LogP) is 1.38. The largest absolute Gasteiger partial charge is 0.497 e. The van der Waals surface area contributed by atoms with E-state index in [1.807, 2.05) is 36.0 Å². The van der Waals surface area contributed by atoms with Gasteiger partial charge in [0, 0.05) is 43.3 Å². The third-order valence-electron chi connectivity index (χ3n) is 2.60. The molecular weight excluding hydrogens is 228 g/mol. The number of rotatable bonds is 6. The third kappa shape index (κ3) is 3.56. The van der Waals surface area contributed by atoms with Crippen LogP contribution in [-0.4, -0.2) is 28.4 Å². The molecule has 18 heavy (non-hydrogen) atoms. The number of pyridine rings is 1. The van der Waals surface area contributed by atoms with Gasteiger partial charge in [0.25, 0.3) is 0 Å². The van der Waals surface area contributed by atoms with Gasteiger partial charge in [-0.3, -0.25) is 9.67 Å². The van der Waals surface area contributed by atoms with Crippen LogP contribution in [0.15, 0.2) is 30.6 Å². The molecule has 5 nitrogen and oxygen atoms in total. The summed E-state index contributed by atoms with van der Waals surface area (Å²) in [5.41, 5.74) is 1.96. The van der Waals surface area contributed by atoms with Crippen molar-refractivity contribution in [3.8, 4) is 5.75 Å². The Balaban J connectivity index is 1.81. The van der Waals surface area contributed by atoms with E-state index in [-0.39, 0.29) is 0 Å². The molecule has 0 aliphatic heterocycles. The van der Waals surface area contributed by atoms with E-state index in [0.717, 1.165) is 36.8 Å². The van der Waals surface area contributed by atoms with Crippen molar-refractivity contribution in [1.82, 2.24) is 20.1 Å². The van der Waals surface area contributed by atoms with Gasteiger partial charge in [0.15, 0.2) is 0 Å². The Labute approximate surface area is 107 Å². The van der Waals surface area contributed by atoms with E-state index in [1.165, 1.54) is 0 Å². The minimum Gasteiger partial charge on any atom is -0.497 e. The van der Waals surface area contributed by atoms with Crippen LogP contribution in [0.3, 0.4) is 0 Å². The first-order chi connectivity index (χ1) is 8.78. The van der Waals surface area contributed by atoms with Crippen molar-refractivity contribution in [3.05, 3.63) is 42.0 Å². The minimum absolute atomic E-state index is 0.735. The highest BCUT2D eigenvalue weighted by atomic mass is 16.5. The third-order valence-corrected chi connectivity index (χ3v) is 2.60. The second kappa shape index (κ2) is 6.16. The van der Waals surface area contributed by atoms with E-state index in [0.29, 0.717) is 0 Å². The molecular formula is C13H18N4O. The van der Waals surface area contributed by atoms with Crippen LogP contribution in [-0.2, 0) is 13.1 Å². The number of aromatic nitrogens is 3. The van der Waals surface area contributed by atoms with Crippen LogP contribution < -0.4 is 10.1 Å². The number of hydrogen-bond donors (Lipinski definition) is 1. The fraction of sp³-hybridized carbons (Fsp3) is 0.385. The van der Waals surface area contributed by atoms with Crippen molar-refractivity contribution in [2.24, 2.45) is 0 Å². The van der Waals surface area contributed by atoms with Crippen LogP contribution in [0.5, 0.6) is 5.75 Å². The topological polar surface area (TPSA) is 52.0 Å². The van der Waals surface area contributed by atoms with Gasteiger partial charge in [-0.05, 0) is 13.0 Å². The summed E-state index contributed by atoms with van der Waals surface area (Å²) in [5.74, 6) is 0.853. The molecule has 2 rings (SSSR count). The minimum atomic E-state index is 0.735. The van der Waals surface area contributed by atoms with E-state index in [1.54, 1.807) is 13.3 Å². The van der Waals surface area contributed by atoms with E-state index >= 15 is 0 Å². The molecule has 0 aliphatic rings. The lowest BCUT2D eigenvalue weighted by atomic mass is 10.3. The van der Waals surface area contributed by atoms with Gasteiger partial charge in [-0.1, -0.05) is 0 Å². The second-order valence-corrected chi connectivity index (χ2v) is 4.09. The SMILES string of the molecule is COc1cc(C)nc(CNCCn2cccn2)c1. The van der Waals surface area contributed by atoms with Crippen LogP contribution in [0.25, 0.3) is 0 Å². The molecule has 0 spiro atoms. The summed E-state index contributed by atoms with van der Waals surface area (Å²) in [6.07, 6.45) is 3.74. The van der Waals surface area contributed by atoms with Gasteiger partial charge in [0.05, 0.1) is 19.3 Å². The molecule has 0 bridgehead atoms. The molecule has 2 aromatic heterocycles. The predicted molar refractivity (Wildman–Crippen MR) is 69.5 cm³/mol. The Morgan fingerprint density at radius 1 is 1.39 bits per heavy atom. The fourth-order valence-corrected chi connectivity index (χ4v) is 1.75. The summed E-state index contributed by atoms with van der Waals surface area (Å²) in [5, 5.41) is 7.48. The highest BCUT2D eigenvalue weighted by Gasteiger charge is 2.00. The molecule has 0 saturated heterocycles. The van der Waals surface area contributed by atoms with Crippen LogP contribution in [0.1, 0.15) is 11.4 Å². The molecule has 2 heterocycles. The maximum Gasteiger partial charge on any atom is 0.122 e. The molecule has 0 saturated carbocycles. The molecule has 0 aliphatic carbocycles. The van der Waals surface area contributed by atoms with Crippen molar-refractivity contribution in [2.75, 3.05) is 13.7 Å². The molecule has 96 valence electrons. The Kier molecular flexibility index (Phi) is 4.30. The smallest absolute Gasteiger partial charge is 0.122 e. The monoisotopic (exact) mass is 246 g/mol. The molecule has 0 radical (unpaired) electrons. The Bertz CT molecular complexity index is 482. The van der Waals surface area contributed by atoms with Crippen molar-refractivity contribution < 1.29 is 4.74 Å². The van der Waals surface area contributed by atoms with Gasteiger partial charge < -0.3 is 10.1 Å². The number of methoxy groups -OCH3 is 1. The van der Waals surface area contributed by atoms with Crippen LogP contribution in [0.2, 0.25) is 0 Å². The standard InChI is InChI=1S/C13H18N4O/c1-11-8-13(18-2)9-12(16-11)10-14-5-7-17-6-3-4-15-17/h3-4,6,8-9,14H,5,7,10H2,1-2H3. The second-order valence-electron chi connectivity index (χ2n) is 4.09. The molecule has 0 aromatic carbocycles. The Morgan fingerprint density at radius 3 is 3.00 bits per heavy atom. The van der Waals surface area contributed by atoms with Crippen molar-refractivity contribution in [3.63, 3.8) is 0 Å². The Hall–Kier alpha value is -1.88. The van der Waals surface area contributed by atoms with Gasteiger partial charge in [-0.15, -0.1) is 0 Å². The molecule has 0 unspecified atom stereocenters. The average Bonchev–Trinajstić information content (AvgIpc) is 2.87. The summed E-state index contributed by atoms with van der Waals surface area (Å²) in [7, 11) is 1.67. The van der Waals surface area contributed by atoms with Crippen LogP contribution in [0, 0.1) is 6.92 Å². The van der Waals surface area contributed by atoms with Crippen LogP contribution >= 0.6 is 0 Å². The molecule has 1 N–H and O–H groups in total. The first-order valence-corrected chi connectivity index (χ1v) is 5.97. The summed E-state index contributed by atoms with van der Waals surface area (Å²) in [4.78, 5) is 4.45. The maximum atomic E-state index is 5.22. The van der Waals surface area contributed by atoms with Gasteiger partial charge in [0.2, 0.25) is 0 Å². The molecule has 5 heteroatoms. The normalized spacial score (nSPS) is 10.6. The lowest BCUT2D eigenvalue weighted by Crippen LogP contribution is -2.20. The maximum absolute atomic E-state index is 5.22. The van der Waals surface area contributed by atoms with Gasteiger partial charge in [-0.25, -0.2) is 0 Å². The fourth-order valence-electron chi connectivity index (χ4n) is 1.75. The van der Waals surface area contributed by atoms with E-state index < -0.39 is 0 Å². The van der Waals surface area contributed by atoms with Crippen molar-refractivity contribution >= 4 is 0 Å². The molecule has 0 atom stereocenters. The lowest BCUT2D eigenvalue weighted by Gasteiger charge is -2.07. The number of nitrogens with one attached hydrogen (secondary N) is 1. The molecule has 2 aromatic rings. The Morgan fingerprint density at radius 2 is 2.28 bits per heavy atom. The van der Waals surface area contributed by atoms with Crippen molar-refractivity contribution in [1.29, 1.82) is 0 Å². The van der Waals surface area contributed by atoms with Crippen molar-refractivity contribution in [2.45, 2.75) is 20.0 Å². The highest BCUT2D eigenvalue weighted by molar-refractivity contribution is 5.26. The van der Waals surface area contributed by atoms with Gasteiger partial charge in [0.1, 0.15) is 5.75 Å². The zero-order chi connectivity index (χ0) is 12.8. The number of hydrogen-bond acceptors (Lipinski definition) is 4. The number of nitrogens with zero attached hydrogens (tertiary/aromatic N) is 3. The quantitative estimate of drug-likeness (QED) is 0.782. The summed E-state index contributed by atoms with van der Waals surface area (Å²) in [6.45, 7) is 4.42. The van der Waals surface area contributed by atoms with Gasteiger partial charge in [-0.2, -0.15) is 5.10 Å². The number of ether oxygens (including phenoxy) is 1. The summed E-state index contributed by atoms with van der Waals surface area (Å²) < 4.78 is 7.12. The van der Waals surface area contributed by atoms with E-state index in [9.17, 15) is 0 Å². The zero-order valence-electron chi connectivity index (χ0n) is 10.8. The lowest BCUT2D eigenvalue weighted by molar-refractivity contribution is 0.412. The first-order valence-electron chi connectivity index (χ1n) is 5.97. The van der Waals surface area contributed by atoms with E-state index in [2.05, 4.69) is 15.4 Å². The van der Waals surface area contributed by atoms with Gasteiger partial charge >= 0.3 is 0 Å². The summed E-state index contributed by atoms with van der Waals surface area (Å²) >= 11 is 0. The molecule has 0 amide bonds. The highest BCUT2D eigenvalue weighted by Crippen LogP contribution is 2.12. The summed E-state index contributed by atoms with van der Waals surface area (Å²) in [6, 6.07) is 5.80. The zero-order valence-corrected chi connectivity index (χ0v) is 10.8. The molecule has 0 fully saturated rings. The van der Waals surface area contributed by atoms with Crippen LogP contribution in [0.4, 0.5) is 0 Å². The number of aryl methyl sites for hydroxylation is 1.